The summed E-state index contributed by atoms with van der Waals surface area (Å²) in [6.45, 7) is 3.39. The number of alkyl halides is 3. The lowest BCUT2D eigenvalue weighted by atomic mass is 10.1. The van der Waals surface area contributed by atoms with Crippen molar-refractivity contribution in [2.75, 3.05) is 0 Å². The Morgan fingerprint density at radius 2 is 2.04 bits per heavy atom. The number of esters is 1. The molecule has 0 unspecified atom stereocenters. The van der Waals surface area contributed by atoms with Gasteiger partial charge in [-0.05, 0) is 32.0 Å². The minimum atomic E-state index is -4.60. The number of phenolic OH excluding ortho intramolecular Hbond substituents is 1. The first-order valence-electron chi connectivity index (χ1n) is 6.87. The molecule has 24 heavy (non-hydrogen) atoms. The first kappa shape index (κ1) is 17.5. The summed E-state index contributed by atoms with van der Waals surface area (Å²) in [5, 5.41) is 13.4. The van der Waals surface area contributed by atoms with Gasteiger partial charge in [0.05, 0.1) is 11.7 Å². The van der Waals surface area contributed by atoms with Gasteiger partial charge in [0.2, 0.25) is 0 Å². The van der Waals surface area contributed by atoms with E-state index in [1.807, 2.05) is 0 Å². The Labute approximate surface area is 135 Å². The lowest BCUT2D eigenvalue weighted by Crippen LogP contribution is -2.08. The van der Waals surface area contributed by atoms with Gasteiger partial charge in [-0.1, -0.05) is 0 Å². The van der Waals surface area contributed by atoms with Gasteiger partial charge in [-0.2, -0.15) is 13.2 Å². The van der Waals surface area contributed by atoms with E-state index in [0.29, 0.717) is 6.07 Å². The third kappa shape index (κ3) is 4.58. The number of hydrogen-bond donors (Lipinski definition) is 1. The second kappa shape index (κ2) is 6.73. The van der Waals surface area contributed by atoms with E-state index in [4.69, 9.17) is 4.74 Å². The monoisotopic (exact) mass is 341 g/mol. The molecule has 0 atom stereocenters. The number of aromatic hydroxyl groups is 1. The average Bonchev–Trinajstić information content (AvgIpc) is 2.91. The lowest BCUT2D eigenvalue weighted by Gasteiger charge is -2.08. The van der Waals surface area contributed by atoms with Gasteiger partial charge in [0, 0.05) is 17.8 Å². The Hall–Kier alpha value is -2.84. The Bertz CT molecular complexity index is 767. The smallest absolute Gasteiger partial charge is 0.416 e. The van der Waals surface area contributed by atoms with Crippen molar-refractivity contribution in [2.24, 2.45) is 0 Å². The van der Waals surface area contributed by atoms with Crippen LogP contribution in [0.5, 0.6) is 5.75 Å². The van der Waals surface area contributed by atoms with E-state index in [9.17, 15) is 23.1 Å². The molecule has 6 nitrogen and oxygen atoms in total. The van der Waals surface area contributed by atoms with Crippen LogP contribution in [0.2, 0.25) is 0 Å². The van der Waals surface area contributed by atoms with E-state index in [1.165, 1.54) is 12.5 Å². The summed E-state index contributed by atoms with van der Waals surface area (Å²) in [7, 11) is 0. The molecule has 128 valence electrons. The van der Waals surface area contributed by atoms with Crippen molar-refractivity contribution >= 4 is 12.2 Å². The normalized spacial score (nSPS) is 12.1. The van der Waals surface area contributed by atoms with Gasteiger partial charge in [0.15, 0.2) is 5.82 Å². The second-order valence-electron chi connectivity index (χ2n) is 5.12. The van der Waals surface area contributed by atoms with Crippen molar-refractivity contribution in [3.63, 3.8) is 0 Å². The number of halogens is 3. The minimum Gasteiger partial charge on any atom is -0.508 e. The van der Waals surface area contributed by atoms with Crippen molar-refractivity contribution in [1.29, 1.82) is 0 Å². The zero-order chi connectivity index (χ0) is 17.9. The summed E-state index contributed by atoms with van der Waals surface area (Å²) in [4.78, 5) is 15.2. The Balaban J connectivity index is 2.23. The molecule has 0 aliphatic rings. The van der Waals surface area contributed by atoms with Crippen LogP contribution in [0, 0.1) is 0 Å². The van der Waals surface area contributed by atoms with Crippen LogP contribution in [-0.2, 0) is 15.7 Å². The van der Waals surface area contributed by atoms with Crippen LogP contribution in [0.3, 0.4) is 0 Å². The van der Waals surface area contributed by atoms with E-state index in [-0.39, 0.29) is 17.5 Å². The topological polar surface area (TPSA) is 77.2 Å². The molecule has 1 N–H and O–H groups in total. The Morgan fingerprint density at radius 3 is 2.67 bits per heavy atom. The van der Waals surface area contributed by atoms with E-state index in [0.717, 1.165) is 22.9 Å². The van der Waals surface area contributed by atoms with Crippen molar-refractivity contribution in [2.45, 2.75) is 26.1 Å². The fourth-order valence-electron chi connectivity index (χ4n) is 1.79. The second-order valence-corrected chi connectivity index (χ2v) is 5.12. The largest absolute Gasteiger partial charge is 0.508 e. The molecule has 1 aromatic heterocycles. The average molecular weight is 341 g/mol. The van der Waals surface area contributed by atoms with Crippen molar-refractivity contribution in [3.05, 3.63) is 36.2 Å². The van der Waals surface area contributed by atoms with Crippen LogP contribution in [0.15, 0.2) is 30.6 Å². The summed E-state index contributed by atoms with van der Waals surface area (Å²) in [6, 6.07) is 2.56. The van der Waals surface area contributed by atoms with Gasteiger partial charge in [-0.3, -0.25) is 0 Å². The molecule has 0 spiro atoms. The van der Waals surface area contributed by atoms with Crippen LogP contribution < -0.4 is 0 Å². The lowest BCUT2D eigenvalue weighted by molar-refractivity contribution is -0.141. The van der Waals surface area contributed by atoms with Crippen LogP contribution in [0.25, 0.3) is 17.6 Å². The van der Waals surface area contributed by atoms with E-state index < -0.39 is 23.5 Å². The molecule has 9 heteroatoms. The van der Waals surface area contributed by atoms with Gasteiger partial charge in [0.1, 0.15) is 12.1 Å². The van der Waals surface area contributed by atoms with Crippen LogP contribution in [0.4, 0.5) is 13.2 Å². The number of nitrogens with zero attached hydrogens (tertiary/aromatic N) is 3. The van der Waals surface area contributed by atoms with Crippen molar-refractivity contribution < 1.29 is 27.8 Å². The summed E-state index contributed by atoms with van der Waals surface area (Å²) in [5.41, 5.74) is -1.01. The van der Waals surface area contributed by atoms with Crippen molar-refractivity contribution in [3.8, 4) is 17.1 Å². The number of aromatic nitrogens is 3. The number of rotatable bonds is 4. The Morgan fingerprint density at radius 1 is 1.33 bits per heavy atom. The molecule has 2 rings (SSSR count). The fraction of sp³-hybridized carbons (Fsp3) is 0.267. The number of carbonyl (C=O) groups excluding carboxylic acids is 1. The van der Waals surface area contributed by atoms with E-state index in [2.05, 4.69) is 10.1 Å². The van der Waals surface area contributed by atoms with E-state index >= 15 is 0 Å². The maximum Gasteiger partial charge on any atom is 0.416 e. The number of carbonyl (C=O) groups is 1. The third-order valence-electron chi connectivity index (χ3n) is 2.73. The first-order chi connectivity index (χ1) is 11.1. The summed E-state index contributed by atoms with van der Waals surface area (Å²) < 4.78 is 44.3. The third-order valence-corrected chi connectivity index (χ3v) is 2.73. The fourth-order valence-corrected chi connectivity index (χ4v) is 1.79. The molecule has 0 radical (unpaired) electrons. The SMILES string of the molecule is CC(C)OC(=O)/C=C\n1cnc(-c2cc(O)cc(C(F)(F)F)c2)n1. The van der Waals surface area contributed by atoms with Gasteiger partial charge in [0.25, 0.3) is 0 Å². The summed E-state index contributed by atoms with van der Waals surface area (Å²) in [6.07, 6.45) is -1.29. The van der Waals surface area contributed by atoms with Gasteiger partial charge in [-0.25, -0.2) is 14.5 Å². The molecule has 0 bridgehead atoms. The van der Waals surface area contributed by atoms with Crippen molar-refractivity contribution in [1.82, 2.24) is 14.8 Å². The highest BCUT2D eigenvalue weighted by molar-refractivity contribution is 5.85. The van der Waals surface area contributed by atoms with Gasteiger partial charge >= 0.3 is 12.1 Å². The minimum absolute atomic E-state index is 0.000711. The van der Waals surface area contributed by atoms with Gasteiger partial charge in [-0.15, -0.1) is 5.10 Å². The number of benzene rings is 1. The zero-order valence-corrected chi connectivity index (χ0v) is 12.8. The molecule has 0 saturated heterocycles. The van der Waals surface area contributed by atoms with Gasteiger partial charge < -0.3 is 9.84 Å². The molecule has 1 aromatic carbocycles. The Kier molecular flexibility index (Phi) is 4.91. The summed E-state index contributed by atoms with van der Waals surface area (Å²) in [5.74, 6) is -1.16. The molecule has 0 fully saturated rings. The number of hydrogen-bond acceptors (Lipinski definition) is 5. The standard InChI is InChI=1S/C15H14F3N3O3/c1-9(2)24-13(23)3-4-21-8-19-14(20-21)10-5-11(15(16,17)18)7-12(22)6-10/h3-9,22H,1-2H3/b4-3-. The summed E-state index contributed by atoms with van der Waals surface area (Å²) >= 11 is 0. The first-order valence-corrected chi connectivity index (χ1v) is 6.87. The van der Waals surface area contributed by atoms with Crippen LogP contribution in [-0.4, -0.2) is 31.9 Å². The predicted octanol–water partition coefficient (Wildman–Crippen LogP) is 3.09. The number of ether oxygens (including phenoxy) is 1. The highest BCUT2D eigenvalue weighted by Gasteiger charge is 2.31. The molecule has 0 saturated carbocycles. The highest BCUT2D eigenvalue weighted by Crippen LogP contribution is 2.34. The van der Waals surface area contributed by atoms with E-state index in [1.54, 1.807) is 13.8 Å². The maximum absolute atomic E-state index is 12.8. The molecule has 2 aromatic rings. The molecule has 0 aliphatic heterocycles. The molecule has 1 heterocycles. The number of phenols is 1. The quantitative estimate of drug-likeness (QED) is 0.683. The van der Waals surface area contributed by atoms with Crippen LogP contribution >= 0.6 is 0 Å². The molecular formula is C15H14F3N3O3. The highest BCUT2D eigenvalue weighted by atomic mass is 19.4. The van der Waals surface area contributed by atoms with Crippen LogP contribution in [0.1, 0.15) is 19.4 Å². The molecule has 0 aliphatic carbocycles. The molecule has 0 amide bonds. The predicted molar refractivity (Wildman–Crippen MR) is 78.7 cm³/mol. The maximum atomic E-state index is 12.8. The zero-order valence-electron chi connectivity index (χ0n) is 12.8. The molecular weight excluding hydrogens is 327 g/mol.